The molecule has 18 heavy (non-hydrogen) atoms. The van der Waals surface area contributed by atoms with Gasteiger partial charge in [0, 0.05) is 5.39 Å². The van der Waals surface area contributed by atoms with Crippen LogP contribution in [0, 0.1) is 13.8 Å². The molecule has 0 bridgehead atoms. The van der Waals surface area contributed by atoms with Crippen molar-refractivity contribution in [2.45, 2.75) is 13.8 Å². The van der Waals surface area contributed by atoms with E-state index < -0.39 is 5.56 Å². The largest absolute Gasteiger partial charge is 0.424 e. The zero-order valence-corrected chi connectivity index (χ0v) is 9.88. The third-order valence-electron chi connectivity index (χ3n) is 2.87. The van der Waals surface area contributed by atoms with E-state index in [4.69, 9.17) is 0 Å². The summed E-state index contributed by atoms with van der Waals surface area (Å²) < 4.78 is 0.483. The molecule has 0 aliphatic carbocycles. The summed E-state index contributed by atoms with van der Waals surface area (Å²) in [6.07, 6.45) is 0. The summed E-state index contributed by atoms with van der Waals surface area (Å²) in [6, 6.07) is 5.66. The number of hydrogen-bond acceptors (Lipinski definition) is 5. The number of benzene rings is 1. The molecule has 1 N–H and O–H groups in total. The Labute approximate surface area is 101 Å². The van der Waals surface area contributed by atoms with E-state index in [0.717, 1.165) is 10.9 Å². The predicted molar refractivity (Wildman–Crippen MR) is 65.8 cm³/mol. The van der Waals surface area contributed by atoms with Gasteiger partial charge in [-0.1, -0.05) is 12.1 Å². The molecule has 0 fully saturated rings. The molecule has 0 aliphatic rings. The molecular weight excluding hydrogens is 232 g/mol. The standard InChI is InChI=1S/C12H10N4O2/c1-6-3-4-8-9(5-6)14-15-11-10(8)13-7(2)16(18)12(11)17/h3-5,18H,1-2H3. The van der Waals surface area contributed by atoms with E-state index in [-0.39, 0.29) is 11.3 Å². The molecule has 1 aromatic carbocycles. The fourth-order valence-corrected chi connectivity index (χ4v) is 1.92. The van der Waals surface area contributed by atoms with Crippen molar-refractivity contribution in [1.29, 1.82) is 0 Å². The molecule has 6 nitrogen and oxygen atoms in total. The third kappa shape index (κ3) is 1.35. The Hall–Kier alpha value is -2.50. The minimum absolute atomic E-state index is 0.0689. The highest BCUT2D eigenvalue weighted by Gasteiger charge is 2.12. The minimum Gasteiger partial charge on any atom is -0.424 e. The molecule has 0 unspecified atom stereocenters. The molecule has 0 atom stereocenters. The van der Waals surface area contributed by atoms with Crippen molar-refractivity contribution < 1.29 is 5.21 Å². The Morgan fingerprint density at radius 2 is 1.94 bits per heavy atom. The van der Waals surface area contributed by atoms with Gasteiger partial charge in [-0.25, -0.2) is 4.98 Å². The van der Waals surface area contributed by atoms with Gasteiger partial charge in [-0.2, -0.15) is 0 Å². The lowest BCUT2D eigenvalue weighted by atomic mass is 10.1. The monoisotopic (exact) mass is 242 g/mol. The Morgan fingerprint density at radius 3 is 2.72 bits per heavy atom. The van der Waals surface area contributed by atoms with E-state index in [1.165, 1.54) is 0 Å². The van der Waals surface area contributed by atoms with E-state index in [1.54, 1.807) is 6.92 Å². The minimum atomic E-state index is -0.604. The number of nitrogens with zero attached hydrogens (tertiary/aromatic N) is 4. The summed E-state index contributed by atoms with van der Waals surface area (Å²) in [7, 11) is 0. The first-order chi connectivity index (χ1) is 8.58. The van der Waals surface area contributed by atoms with Crippen LogP contribution in [-0.2, 0) is 0 Å². The van der Waals surface area contributed by atoms with E-state index in [1.807, 2.05) is 25.1 Å². The van der Waals surface area contributed by atoms with E-state index in [9.17, 15) is 10.0 Å². The Kier molecular flexibility index (Phi) is 2.07. The maximum Gasteiger partial charge on any atom is 0.314 e. The Balaban J connectivity index is 2.59. The number of aromatic nitrogens is 4. The zero-order chi connectivity index (χ0) is 12.9. The van der Waals surface area contributed by atoms with Crippen LogP contribution in [0.25, 0.3) is 21.9 Å². The maximum atomic E-state index is 11.8. The predicted octanol–water partition coefficient (Wildman–Crippen LogP) is 1.19. The van der Waals surface area contributed by atoms with Crippen LogP contribution in [0.5, 0.6) is 0 Å². The molecule has 3 aromatic rings. The van der Waals surface area contributed by atoms with Crippen LogP contribution in [0.3, 0.4) is 0 Å². The van der Waals surface area contributed by atoms with Gasteiger partial charge < -0.3 is 5.21 Å². The second kappa shape index (κ2) is 3.49. The highest BCUT2D eigenvalue weighted by molar-refractivity contribution is 6.00. The molecule has 6 heteroatoms. The van der Waals surface area contributed by atoms with Crippen molar-refractivity contribution in [1.82, 2.24) is 19.9 Å². The molecular formula is C12H10N4O2. The first kappa shape index (κ1) is 10.6. The third-order valence-corrected chi connectivity index (χ3v) is 2.87. The lowest BCUT2D eigenvalue weighted by Crippen LogP contribution is -2.22. The summed E-state index contributed by atoms with van der Waals surface area (Å²) in [5, 5.41) is 18.1. The van der Waals surface area contributed by atoms with Crippen molar-refractivity contribution in [3.05, 3.63) is 39.9 Å². The van der Waals surface area contributed by atoms with Gasteiger partial charge in [-0.05, 0) is 25.5 Å². The van der Waals surface area contributed by atoms with Crippen molar-refractivity contribution in [2.24, 2.45) is 0 Å². The van der Waals surface area contributed by atoms with Crippen LogP contribution in [0.15, 0.2) is 23.0 Å². The molecule has 3 rings (SSSR count). The summed E-state index contributed by atoms with van der Waals surface area (Å²) in [6.45, 7) is 3.51. The lowest BCUT2D eigenvalue weighted by Gasteiger charge is -2.05. The molecule has 0 aliphatic heterocycles. The average molecular weight is 242 g/mol. The van der Waals surface area contributed by atoms with Gasteiger partial charge in [0.2, 0.25) is 0 Å². The van der Waals surface area contributed by atoms with Crippen molar-refractivity contribution in [3.63, 3.8) is 0 Å². The normalized spacial score (nSPS) is 11.2. The van der Waals surface area contributed by atoms with Crippen molar-refractivity contribution >= 4 is 21.9 Å². The molecule has 0 saturated heterocycles. The molecule has 0 amide bonds. The van der Waals surface area contributed by atoms with Crippen LogP contribution < -0.4 is 5.56 Å². The van der Waals surface area contributed by atoms with Gasteiger partial charge in [-0.15, -0.1) is 14.9 Å². The van der Waals surface area contributed by atoms with E-state index >= 15 is 0 Å². The first-order valence-corrected chi connectivity index (χ1v) is 5.43. The first-order valence-electron chi connectivity index (χ1n) is 5.43. The SMILES string of the molecule is Cc1ccc2c(c1)nnc1c(=O)n(O)c(C)nc12. The molecule has 2 aromatic heterocycles. The van der Waals surface area contributed by atoms with Crippen LogP contribution >= 0.6 is 0 Å². The summed E-state index contributed by atoms with van der Waals surface area (Å²) >= 11 is 0. The molecule has 2 heterocycles. The molecule has 0 spiro atoms. The summed E-state index contributed by atoms with van der Waals surface area (Å²) in [4.78, 5) is 16.0. The number of rotatable bonds is 0. The van der Waals surface area contributed by atoms with Gasteiger partial charge in [0.25, 0.3) is 0 Å². The van der Waals surface area contributed by atoms with Gasteiger partial charge in [0.05, 0.1) is 5.52 Å². The summed E-state index contributed by atoms with van der Waals surface area (Å²) in [5.74, 6) is 0.224. The Morgan fingerprint density at radius 1 is 1.17 bits per heavy atom. The fraction of sp³-hybridized carbons (Fsp3) is 0.167. The lowest BCUT2D eigenvalue weighted by molar-refractivity contribution is 0.165. The second-order valence-electron chi connectivity index (χ2n) is 4.19. The van der Waals surface area contributed by atoms with Crippen LogP contribution in [0.1, 0.15) is 11.4 Å². The molecule has 0 saturated carbocycles. The van der Waals surface area contributed by atoms with Crippen molar-refractivity contribution in [2.75, 3.05) is 0 Å². The van der Waals surface area contributed by atoms with E-state index in [2.05, 4.69) is 15.2 Å². The average Bonchev–Trinajstić information content (AvgIpc) is 2.35. The van der Waals surface area contributed by atoms with E-state index in [0.29, 0.717) is 15.8 Å². The van der Waals surface area contributed by atoms with Gasteiger partial charge in [-0.3, -0.25) is 4.79 Å². The number of hydrogen-bond donors (Lipinski definition) is 1. The number of aryl methyl sites for hydroxylation is 2. The smallest absolute Gasteiger partial charge is 0.314 e. The van der Waals surface area contributed by atoms with Gasteiger partial charge >= 0.3 is 5.56 Å². The highest BCUT2D eigenvalue weighted by atomic mass is 16.5. The van der Waals surface area contributed by atoms with Crippen LogP contribution in [0.4, 0.5) is 0 Å². The quantitative estimate of drug-likeness (QED) is 0.473. The topological polar surface area (TPSA) is 80.9 Å². The Bertz CT molecular complexity index is 839. The van der Waals surface area contributed by atoms with Gasteiger partial charge in [0.15, 0.2) is 5.52 Å². The zero-order valence-electron chi connectivity index (χ0n) is 9.88. The molecule has 90 valence electrons. The number of fused-ring (bicyclic) bond motifs is 3. The maximum absolute atomic E-state index is 11.8. The van der Waals surface area contributed by atoms with Crippen LogP contribution in [0.2, 0.25) is 0 Å². The fourth-order valence-electron chi connectivity index (χ4n) is 1.92. The van der Waals surface area contributed by atoms with Crippen molar-refractivity contribution in [3.8, 4) is 0 Å². The second-order valence-corrected chi connectivity index (χ2v) is 4.19. The summed E-state index contributed by atoms with van der Waals surface area (Å²) in [5.41, 5.74) is 1.67. The van der Waals surface area contributed by atoms with Crippen LogP contribution in [-0.4, -0.2) is 25.1 Å². The van der Waals surface area contributed by atoms with Gasteiger partial charge in [0.1, 0.15) is 11.3 Å². The highest BCUT2D eigenvalue weighted by Crippen LogP contribution is 2.19. The molecule has 0 radical (unpaired) electrons.